The molecule has 30 atom stereocenters. The van der Waals surface area contributed by atoms with Crippen LogP contribution in [-0.2, 0) is 52.2 Å². The van der Waals surface area contributed by atoms with E-state index in [1.54, 1.807) is 0 Å². The third-order valence-electron chi connectivity index (χ3n) is 21.4. The maximum Gasteiger partial charge on any atom is 0.317 e. The smallest absolute Gasteiger partial charge is 0.317 e. The number of carboxylic acid groups (broad SMARTS) is 1. The van der Waals surface area contributed by atoms with Gasteiger partial charge in [-0.1, -0.05) is 46.3 Å². The molecular weight excluding hydrogens is 1080 g/mol. The van der Waals surface area contributed by atoms with Crippen molar-refractivity contribution in [2.45, 2.75) is 267 Å². The molecule has 4 saturated heterocycles. The lowest BCUT2D eigenvalue weighted by Gasteiger charge is -2.71. The van der Waals surface area contributed by atoms with E-state index in [0.29, 0.717) is 38.5 Å². The second kappa shape index (κ2) is 25.1. The lowest BCUT2D eigenvalue weighted by molar-refractivity contribution is -0.378. The number of aliphatic hydroxyl groups is 13. The van der Waals surface area contributed by atoms with Crippen molar-refractivity contribution in [3.8, 4) is 0 Å². The molecule has 14 N–H and O–H groups in total. The highest BCUT2D eigenvalue weighted by Crippen LogP contribution is 2.76. The van der Waals surface area contributed by atoms with Crippen molar-refractivity contribution in [1.82, 2.24) is 0 Å². The van der Waals surface area contributed by atoms with Crippen molar-refractivity contribution in [3.63, 3.8) is 0 Å². The Kier molecular flexibility index (Phi) is 20.2. The van der Waals surface area contributed by atoms with Gasteiger partial charge >= 0.3 is 11.9 Å². The zero-order valence-corrected chi connectivity index (χ0v) is 48.5. The summed E-state index contributed by atoms with van der Waals surface area (Å²) < 4.78 is 54.3. The van der Waals surface area contributed by atoms with Gasteiger partial charge < -0.3 is 114 Å². The van der Waals surface area contributed by atoms with E-state index in [2.05, 4.69) is 40.7 Å². The van der Waals surface area contributed by atoms with Crippen LogP contribution < -0.4 is 0 Å². The van der Waals surface area contributed by atoms with Gasteiger partial charge in [0.05, 0.1) is 37.1 Å². The number of ether oxygens (including phenoxy) is 9. The average Bonchev–Trinajstić information content (AvgIpc) is 1.26. The number of fused-ring (bicyclic) bond motifs is 5. The molecule has 0 aromatic carbocycles. The zero-order valence-electron chi connectivity index (χ0n) is 48.5. The lowest BCUT2D eigenvalue weighted by atomic mass is 9.35. The molecule has 0 spiro atoms. The lowest BCUT2D eigenvalue weighted by Crippen LogP contribution is -2.68. The Balaban J connectivity index is 0.998. The number of hydrogen-bond acceptors (Lipinski definition) is 24. The van der Waals surface area contributed by atoms with E-state index < -0.39 is 190 Å². The van der Waals surface area contributed by atoms with Gasteiger partial charge in [-0.15, -0.1) is 0 Å². The van der Waals surface area contributed by atoms with Crippen molar-refractivity contribution >= 4 is 11.9 Å². The Bertz CT molecular complexity index is 2220. The molecule has 0 unspecified atom stereocenters. The molecule has 82 heavy (non-hydrogen) atoms. The molecule has 4 aliphatic heterocycles. The largest absolute Gasteiger partial charge is 0.481 e. The van der Waals surface area contributed by atoms with Gasteiger partial charge in [0.25, 0.3) is 0 Å². The van der Waals surface area contributed by atoms with Crippen LogP contribution in [0.25, 0.3) is 0 Å². The van der Waals surface area contributed by atoms with E-state index >= 15 is 0 Å². The second-order valence-electron chi connectivity index (χ2n) is 26.8. The Morgan fingerprint density at radius 2 is 1.20 bits per heavy atom. The number of carbonyl (C=O) groups is 2. The van der Waals surface area contributed by atoms with E-state index in [-0.39, 0.29) is 34.5 Å². The summed E-state index contributed by atoms with van der Waals surface area (Å²) in [5.41, 5.74) is -1.73. The molecule has 0 aromatic heterocycles. The van der Waals surface area contributed by atoms with E-state index in [0.717, 1.165) is 24.8 Å². The topological polar surface area (TPSA) is 400 Å². The van der Waals surface area contributed by atoms with Crippen molar-refractivity contribution in [2.24, 2.45) is 45.3 Å². The molecule has 0 amide bonds. The molecular formula is C57H94O25. The van der Waals surface area contributed by atoms with E-state index in [9.17, 15) is 76.0 Å². The van der Waals surface area contributed by atoms with Gasteiger partial charge in [-0.3, -0.25) is 9.59 Å². The summed E-state index contributed by atoms with van der Waals surface area (Å²) in [6.07, 6.45) is -26.6. The number of aliphatic hydroxyl groups excluding tert-OH is 13. The summed E-state index contributed by atoms with van der Waals surface area (Å²) in [4.78, 5) is 23.1. The molecule has 4 aliphatic carbocycles. The molecule has 25 nitrogen and oxygen atoms in total. The predicted octanol–water partition coefficient (Wildman–Crippen LogP) is -1.15. The first kappa shape index (κ1) is 65.8. The van der Waals surface area contributed by atoms with Gasteiger partial charge in [-0.25, -0.2) is 0 Å². The molecule has 0 radical (unpaired) electrons. The van der Waals surface area contributed by atoms with Gasteiger partial charge in [-0.2, -0.15) is 0 Å². The van der Waals surface area contributed by atoms with Gasteiger partial charge in [0.2, 0.25) is 0 Å². The summed E-state index contributed by atoms with van der Waals surface area (Å²) in [7, 11) is 0. The van der Waals surface area contributed by atoms with Crippen LogP contribution >= 0.6 is 0 Å². The number of hydrogen-bond donors (Lipinski definition) is 14. The molecule has 8 rings (SSSR count). The summed E-state index contributed by atoms with van der Waals surface area (Å²) >= 11 is 0. The minimum atomic E-state index is -1.95. The fourth-order valence-electron chi connectivity index (χ4n) is 16.5. The number of carbonyl (C=O) groups excluding carboxylic acids is 1. The molecule has 0 aromatic rings. The monoisotopic (exact) mass is 1180 g/mol. The number of aliphatic carboxylic acids is 1. The first-order chi connectivity index (χ1) is 38.3. The quantitative estimate of drug-likeness (QED) is 0.0333. The first-order valence-corrected chi connectivity index (χ1v) is 29.3. The van der Waals surface area contributed by atoms with Gasteiger partial charge in [-0.05, 0) is 131 Å². The highest BCUT2D eigenvalue weighted by atomic mass is 16.8. The Morgan fingerprint density at radius 1 is 0.622 bits per heavy atom. The number of carboxylic acids is 1. The Morgan fingerprint density at radius 3 is 1.83 bits per heavy atom. The van der Waals surface area contributed by atoms with Gasteiger partial charge in [0, 0.05) is 0 Å². The normalized spacial score (nSPS) is 50.0. The predicted molar refractivity (Wildman–Crippen MR) is 281 cm³/mol. The minimum absolute atomic E-state index is 0.00692. The highest BCUT2D eigenvalue weighted by molar-refractivity contribution is 5.90. The van der Waals surface area contributed by atoms with E-state index in [1.165, 1.54) is 6.92 Å². The maximum atomic E-state index is 12.9. The molecule has 4 heterocycles. The van der Waals surface area contributed by atoms with Crippen LogP contribution in [0.15, 0.2) is 11.6 Å². The van der Waals surface area contributed by atoms with Crippen LogP contribution in [0.4, 0.5) is 0 Å². The first-order valence-electron chi connectivity index (χ1n) is 29.3. The van der Waals surface area contributed by atoms with Crippen LogP contribution in [-0.4, -0.2) is 244 Å². The van der Waals surface area contributed by atoms with Gasteiger partial charge in [0.15, 0.2) is 25.2 Å². The molecule has 4 saturated carbocycles. The zero-order chi connectivity index (χ0) is 60.5. The second-order valence-corrected chi connectivity index (χ2v) is 26.8. The maximum absolute atomic E-state index is 12.9. The van der Waals surface area contributed by atoms with Crippen LogP contribution in [0.3, 0.4) is 0 Å². The van der Waals surface area contributed by atoms with Crippen molar-refractivity contribution in [2.75, 3.05) is 19.8 Å². The van der Waals surface area contributed by atoms with Crippen molar-refractivity contribution in [1.29, 1.82) is 0 Å². The van der Waals surface area contributed by atoms with Crippen molar-refractivity contribution < 1.29 is 124 Å². The molecule has 8 fully saturated rings. The number of esters is 1. The molecule has 25 heteroatoms. The summed E-state index contributed by atoms with van der Waals surface area (Å²) in [6, 6.07) is 0. The third kappa shape index (κ3) is 12.1. The number of rotatable bonds is 18. The highest BCUT2D eigenvalue weighted by Gasteiger charge is 2.72. The third-order valence-corrected chi connectivity index (χ3v) is 21.4. The molecule has 8 aliphatic rings. The van der Waals surface area contributed by atoms with Crippen LogP contribution in [0.1, 0.15) is 127 Å². The standard InChI is InChI=1S/C57H94O25/c1-24(2)11-10-15-57(9,82-51-47(73)43(69)40(66)30(79-51)23-75-49-45(71)41(67)37(63)25(3)76-49)26-12-17-56(8)36(26)27(59)19-32-54(6)16-14-33(53(4,5)31(54)13-18-55(32,56)7)80-52-48(44(70)38(64)28(21-58)77-52)81-50-46(72)42(68)39(65)29(78-50)22-74-35(62)20-34(60)61/h11,25-33,36-52,58-59,63-73H,10,12-23H2,1-9H3,(H,60,61)/t25-,26-,27+,28+,29+,30+,31-,32+,33-,36+,37-,38+,39+,40+,41+,42-,43-,44-,45+,46+,47+,48+,49+,50-,51-,52-,54-,55+,56+,57-/m0/s1. The fraction of sp³-hybridized carbons (Fsp3) is 0.930. The summed E-state index contributed by atoms with van der Waals surface area (Å²) in [5, 5.41) is 152. The SMILES string of the molecule is CC(C)=CCC[C@](C)(O[C@@H]1O[C@H](CO[C@@H]2O[C@@H](C)[C@H](O)[C@@H](O)[C@H]2O)[C@@H](O)[C@H](O)[C@H]1O)[C@H]1CC[C@]2(C)[C@H]1[C@H](O)C[C@@H]1[C@@]3(C)CC[C@H](O[C@@H]4O[C@H](CO)[C@@H](O)[C@H](O)[C@H]4O[C@@H]4O[C@H](COC(=O)CC(=O)O)[C@@H](O)[C@H](O)[C@H]4O)C(C)(C)[C@@H]3CC[C@]12C. The van der Waals surface area contributed by atoms with E-state index in [1.807, 2.05) is 20.8 Å². The minimum Gasteiger partial charge on any atom is -0.481 e. The fourth-order valence-corrected chi connectivity index (χ4v) is 16.5. The van der Waals surface area contributed by atoms with Crippen LogP contribution in [0, 0.1) is 45.3 Å². The summed E-state index contributed by atoms with van der Waals surface area (Å²) in [5.74, 6) is -3.19. The van der Waals surface area contributed by atoms with E-state index in [4.69, 9.17) is 47.7 Å². The van der Waals surface area contributed by atoms with Crippen molar-refractivity contribution in [3.05, 3.63) is 11.6 Å². The van der Waals surface area contributed by atoms with Gasteiger partial charge in [0.1, 0.15) is 105 Å². The average molecular weight is 1180 g/mol. The summed E-state index contributed by atoms with van der Waals surface area (Å²) in [6.45, 7) is 16.6. The Labute approximate surface area is 478 Å². The molecule has 0 bridgehead atoms. The Hall–Kier alpha value is -2.16. The molecule has 472 valence electrons. The van der Waals surface area contributed by atoms with Crippen LogP contribution in [0.5, 0.6) is 0 Å². The van der Waals surface area contributed by atoms with Crippen LogP contribution in [0.2, 0.25) is 0 Å². The number of allylic oxidation sites excluding steroid dienone is 2.